The summed E-state index contributed by atoms with van der Waals surface area (Å²) < 4.78 is 11.3. The van der Waals surface area contributed by atoms with Crippen LogP contribution >= 0.6 is 0 Å². The molecule has 1 rings (SSSR count). The highest BCUT2D eigenvalue weighted by atomic mass is 16.7. The molecule has 9 nitrogen and oxygen atoms in total. The average Bonchev–Trinajstić information content (AvgIpc) is 3.40. The molecule has 7 atom stereocenters. The van der Waals surface area contributed by atoms with E-state index < -0.39 is 49.5 Å². The van der Waals surface area contributed by atoms with Crippen LogP contribution in [0.25, 0.3) is 0 Å². The van der Waals surface area contributed by atoms with Gasteiger partial charge in [0.25, 0.3) is 0 Å². The predicted molar refractivity (Wildman–Crippen MR) is 314 cm³/mol. The number of carbonyl (C=O) groups is 1. The summed E-state index contributed by atoms with van der Waals surface area (Å²) in [6.07, 6.45) is 64.2. The van der Waals surface area contributed by atoms with Gasteiger partial charge in [0.15, 0.2) is 6.29 Å². The minimum atomic E-state index is -1.57. The van der Waals surface area contributed by atoms with E-state index in [0.717, 1.165) is 38.5 Å². The summed E-state index contributed by atoms with van der Waals surface area (Å²) in [5.74, 6) is -0.179. The van der Waals surface area contributed by atoms with Gasteiger partial charge in [-0.15, -0.1) is 0 Å². The first-order valence-electron chi connectivity index (χ1n) is 32.6. The Balaban J connectivity index is 2.18. The maximum atomic E-state index is 13.1. The quantitative estimate of drug-likeness (QED) is 0.0261. The zero-order valence-corrected chi connectivity index (χ0v) is 48.9. The Bertz CT molecular complexity index is 1210. The van der Waals surface area contributed by atoms with Gasteiger partial charge in [-0.05, 0) is 32.1 Å². The summed E-state index contributed by atoms with van der Waals surface area (Å²) in [6.45, 7) is 3.82. The van der Waals surface area contributed by atoms with E-state index in [1.54, 1.807) is 6.08 Å². The molecule has 0 aromatic carbocycles. The molecule has 9 heteroatoms. The summed E-state index contributed by atoms with van der Waals surface area (Å²) in [4.78, 5) is 13.1. The van der Waals surface area contributed by atoms with E-state index in [2.05, 4.69) is 31.3 Å². The first kappa shape index (κ1) is 70.7. The molecule has 1 fully saturated rings. The smallest absolute Gasteiger partial charge is 0.220 e. The summed E-state index contributed by atoms with van der Waals surface area (Å²) >= 11 is 0. The lowest BCUT2D eigenvalue weighted by Gasteiger charge is -2.40. The molecule has 1 aliphatic rings. The van der Waals surface area contributed by atoms with Crippen LogP contribution in [0.4, 0.5) is 0 Å². The second kappa shape index (κ2) is 55.0. The monoisotopic (exact) mass is 1050 g/mol. The average molecular weight is 1050 g/mol. The highest BCUT2D eigenvalue weighted by molar-refractivity contribution is 5.76. The molecule has 0 saturated carbocycles. The maximum absolute atomic E-state index is 13.1. The van der Waals surface area contributed by atoms with Crippen molar-refractivity contribution >= 4 is 5.91 Å². The van der Waals surface area contributed by atoms with Gasteiger partial charge in [0.2, 0.25) is 5.91 Å². The van der Waals surface area contributed by atoms with Crippen LogP contribution < -0.4 is 5.32 Å². The van der Waals surface area contributed by atoms with E-state index in [4.69, 9.17) is 9.47 Å². The van der Waals surface area contributed by atoms with Crippen molar-refractivity contribution in [2.24, 2.45) is 0 Å². The minimum Gasteiger partial charge on any atom is -0.394 e. The van der Waals surface area contributed by atoms with Crippen molar-refractivity contribution in [3.05, 3.63) is 24.3 Å². The Morgan fingerprint density at radius 1 is 0.446 bits per heavy atom. The number of ether oxygens (including phenoxy) is 2. The third-order valence-corrected chi connectivity index (χ3v) is 15.8. The molecule has 74 heavy (non-hydrogen) atoms. The molecule has 0 spiro atoms. The summed E-state index contributed by atoms with van der Waals surface area (Å²) in [7, 11) is 0. The number of nitrogens with one attached hydrogen (secondary N) is 1. The van der Waals surface area contributed by atoms with Crippen molar-refractivity contribution in [3.8, 4) is 0 Å². The lowest BCUT2D eigenvalue weighted by molar-refractivity contribution is -0.302. The fourth-order valence-electron chi connectivity index (χ4n) is 10.6. The van der Waals surface area contributed by atoms with Gasteiger partial charge in [-0.3, -0.25) is 4.79 Å². The second-order valence-electron chi connectivity index (χ2n) is 22.9. The minimum absolute atomic E-state index is 0.179. The zero-order valence-electron chi connectivity index (χ0n) is 48.9. The highest BCUT2D eigenvalue weighted by Crippen LogP contribution is 2.23. The van der Waals surface area contributed by atoms with Crippen molar-refractivity contribution in [1.29, 1.82) is 0 Å². The number of unbranched alkanes of at least 4 members (excludes halogenated alkanes) is 45. The fourth-order valence-corrected chi connectivity index (χ4v) is 10.6. The third-order valence-electron chi connectivity index (χ3n) is 15.8. The van der Waals surface area contributed by atoms with Crippen LogP contribution in [0, 0.1) is 0 Å². The highest BCUT2D eigenvalue weighted by Gasteiger charge is 2.44. The number of carbonyl (C=O) groups excluding carboxylic acids is 1. The van der Waals surface area contributed by atoms with E-state index in [1.165, 1.54) is 270 Å². The Morgan fingerprint density at radius 3 is 1.14 bits per heavy atom. The topological polar surface area (TPSA) is 149 Å². The largest absolute Gasteiger partial charge is 0.394 e. The molecule has 0 aliphatic carbocycles. The molecular weight excluding hydrogens is 923 g/mol. The van der Waals surface area contributed by atoms with Crippen LogP contribution in [-0.2, 0) is 14.3 Å². The normalized spacial score (nSPS) is 19.0. The van der Waals surface area contributed by atoms with Crippen LogP contribution in [0.2, 0.25) is 0 Å². The van der Waals surface area contributed by atoms with Gasteiger partial charge < -0.3 is 40.3 Å². The van der Waals surface area contributed by atoms with E-state index in [9.17, 15) is 30.3 Å². The van der Waals surface area contributed by atoms with Crippen LogP contribution in [0.1, 0.15) is 328 Å². The summed E-state index contributed by atoms with van der Waals surface area (Å²) in [6, 6.07) is -0.819. The number of allylic oxidation sites excluding steroid dienone is 3. The molecule has 1 amide bonds. The van der Waals surface area contributed by atoms with Gasteiger partial charge >= 0.3 is 0 Å². The maximum Gasteiger partial charge on any atom is 0.220 e. The number of rotatable bonds is 57. The first-order chi connectivity index (χ1) is 36.3. The molecular formula is C65H125NO8. The molecule has 1 heterocycles. The van der Waals surface area contributed by atoms with Crippen LogP contribution in [0.3, 0.4) is 0 Å². The Hall–Kier alpha value is -1.33. The van der Waals surface area contributed by atoms with Crippen LogP contribution in [0.15, 0.2) is 24.3 Å². The Morgan fingerprint density at radius 2 is 0.770 bits per heavy atom. The van der Waals surface area contributed by atoms with E-state index >= 15 is 0 Å². The van der Waals surface area contributed by atoms with E-state index in [1.807, 2.05) is 6.08 Å². The van der Waals surface area contributed by atoms with Gasteiger partial charge in [-0.1, -0.05) is 314 Å². The van der Waals surface area contributed by atoms with E-state index in [-0.39, 0.29) is 12.5 Å². The third kappa shape index (κ3) is 43.6. The molecule has 6 N–H and O–H groups in total. The van der Waals surface area contributed by atoms with Gasteiger partial charge in [-0.25, -0.2) is 0 Å². The SMILES string of the molecule is CCCCCCCCCCCCCCCCCCCCCC/C=C/CC/C=C/C(O)C(COC1OC(CO)C(O)C(O)C1O)NC(=O)CCCCCCCCCCCCCCCCCCCCCCCCCCC. The zero-order chi connectivity index (χ0) is 53.6. The molecule has 0 aromatic heterocycles. The summed E-state index contributed by atoms with van der Waals surface area (Å²) in [5.41, 5.74) is 0. The molecule has 7 unspecified atom stereocenters. The Labute approximate surface area is 458 Å². The predicted octanol–water partition coefficient (Wildman–Crippen LogP) is 16.9. The number of aliphatic hydroxyl groups excluding tert-OH is 5. The number of aliphatic hydroxyl groups is 5. The van der Waals surface area contributed by atoms with Crippen molar-refractivity contribution < 1.29 is 39.8 Å². The standard InChI is InChI=1S/C65H125NO8/c1-3-5-7-9-11-13-15-17-19-21-23-25-27-29-31-32-34-36-38-40-42-44-46-48-50-52-54-59(68)58(57-73-65-64(72)63(71)62(70)60(56-67)74-65)66-61(69)55-53-51-49-47-45-43-41-39-37-35-33-30-28-26-24-22-20-18-16-14-12-10-8-6-4-2/h44,46,52,54,58-60,62-65,67-68,70-72H,3-43,45,47-51,53,55-57H2,1-2H3,(H,66,69)/b46-44+,54-52+. The fraction of sp³-hybridized carbons (Fsp3) is 0.923. The van der Waals surface area contributed by atoms with Gasteiger partial charge in [0.1, 0.15) is 24.4 Å². The lowest BCUT2D eigenvalue weighted by atomic mass is 9.99. The summed E-state index contributed by atoms with van der Waals surface area (Å²) in [5, 5.41) is 54.6. The van der Waals surface area contributed by atoms with Crippen LogP contribution in [-0.4, -0.2) is 87.5 Å². The molecule has 0 aromatic rings. The van der Waals surface area contributed by atoms with E-state index in [0.29, 0.717) is 6.42 Å². The van der Waals surface area contributed by atoms with Crippen molar-refractivity contribution in [2.75, 3.05) is 13.2 Å². The molecule has 0 radical (unpaired) electrons. The number of hydrogen-bond donors (Lipinski definition) is 6. The van der Waals surface area contributed by atoms with Crippen molar-refractivity contribution in [2.45, 2.75) is 371 Å². The number of hydrogen-bond acceptors (Lipinski definition) is 8. The first-order valence-corrected chi connectivity index (χ1v) is 32.6. The lowest BCUT2D eigenvalue weighted by Crippen LogP contribution is -2.60. The molecule has 1 saturated heterocycles. The second-order valence-corrected chi connectivity index (χ2v) is 22.9. The van der Waals surface area contributed by atoms with Crippen molar-refractivity contribution in [1.82, 2.24) is 5.32 Å². The molecule has 438 valence electrons. The van der Waals surface area contributed by atoms with Crippen molar-refractivity contribution in [3.63, 3.8) is 0 Å². The molecule has 1 aliphatic heterocycles. The van der Waals surface area contributed by atoms with Gasteiger partial charge in [0.05, 0.1) is 25.4 Å². The van der Waals surface area contributed by atoms with Gasteiger partial charge in [-0.2, -0.15) is 0 Å². The number of amides is 1. The Kier molecular flexibility index (Phi) is 52.5. The van der Waals surface area contributed by atoms with Crippen LogP contribution in [0.5, 0.6) is 0 Å². The molecule has 0 bridgehead atoms. The van der Waals surface area contributed by atoms with Gasteiger partial charge in [0, 0.05) is 6.42 Å².